The van der Waals surface area contributed by atoms with E-state index in [9.17, 15) is 9.90 Å². The minimum Gasteiger partial charge on any atom is -0.477 e. The largest absolute Gasteiger partial charge is 0.477 e. The molecular formula is C10H14O3S2. The maximum absolute atomic E-state index is 10.6. The SMILES string of the molecule is CCC(C)(O)CSc1csc(C(=O)O)c1. The van der Waals surface area contributed by atoms with Gasteiger partial charge in [0.05, 0.1) is 5.60 Å². The van der Waals surface area contributed by atoms with Crippen LogP contribution in [0.25, 0.3) is 0 Å². The molecule has 84 valence electrons. The van der Waals surface area contributed by atoms with E-state index in [1.807, 2.05) is 6.92 Å². The number of carbonyl (C=O) groups is 1. The molecule has 0 fully saturated rings. The topological polar surface area (TPSA) is 57.5 Å². The first-order valence-electron chi connectivity index (χ1n) is 4.61. The van der Waals surface area contributed by atoms with Crippen molar-refractivity contribution < 1.29 is 15.0 Å². The summed E-state index contributed by atoms with van der Waals surface area (Å²) in [4.78, 5) is 11.9. The summed E-state index contributed by atoms with van der Waals surface area (Å²) >= 11 is 2.70. The number of hydrogen-bond acceptors (Lipinski definition) is 4. The third kappa shape index (κ3) is 3.85. The standard InChI is InChI=1S/C10H14O3S2/c1-3-10(2,13)6-15-7-4-8(9(11)12)14-5-7/h4-5,13H,3,6H2,1-2H3,(H,11,12). The average molecular weight is 246 g/mol. The maximum Gasteiger partial charge on any atom is 0.345 e. The summed E-state index contributed by atoms with van der Waals surface area (Å²) in [6.45, 7) is 3.71. The van der Waals surface area contributed by atoms with Gasteiger partial charge in [0.25, 0.3) is 0 Å². The van der Waals surface area contributed by atoms with Crippen molar-refractivity contribution in [2.24, 2.45) is 0 Å². The molecule has 0 amide bonds. The summed E-state index contributed by atoms with van der Waals surface area (Å²) in [5.74, 6) is -0.312. The van der Waals surface area contributed by atoms with Gasteiger partial charge in [-0.25, -0.2) is 4.79 Å². The van der Waals surface area contributed by atoms with Crippen LogP contribution in [0, 0.1) is 0 Å². The second-order valence-electron chi connectivity index (χ2n) is 3.59. The number of aromatic carboxylic acids is 1. The van der Waals surface area contributed by atoms with Gasteiger partial charge in [0, 0.05) is 16.0 Å². The molecule has 1 unspecified atom stereocenters. The fourth-order valence-corrected chi connectivity index (χ4v) is 2.83. The average Bonchev–Trinajstić information content (AvgIpc) is 2.63. The third-order valence-electron chi connectivity index (χ3n) is 2.10. The van der Waals surface area contributed by atoms with Gasteiger partial charge in [0.2, 0.25) is 0 Å². The lowest BCUT2D eigenvalue weighted by Gasteiger charge is -2.19. The first-order chi connectivity index (χ1) is 6.94. The summed E-state index contributed by atoms with van der Waals surface area (Å²) in [5.41, 5.74) is -0.685. The van der Waals surface area contributed by atoms with E-state index < -0.39 is 11.6 Å². The van der Waals surface area contributed by atoms with E-state index in [-0.39, 0.29) is 0 Å². The molecule has 5 heteroatoms. The normalized spacial score (nSPS) is 14.9. The first-order valence-corrected chi connectivity index (χ1v) is 6.48. The second kappa shape index (κ2) is 5.01. The van der Waals surface area contributed by atoms with Crippen molar-refractivity contribution in [2.75, 3.05) is 5.75 Å². The predicted octanol–water partition coefficient (Wildman–Crippen LogP) is 2.70. The molecule has 1 atom stereocenters. The Balaban J connectivity index is 2.55. The van der Waals surface area contributed by atoms with Crippen LogP contribution in [0.3, 0.4) is 0 Å². The van der Waals surface area contributed by atoms with Crippen molar-refractivity contribution in [3.8, 4) is 0 Å². The molecule has 0 aliphatic carbocycles. The summed E-state index contributed by atoms with van der Waals surface area (Å²) in [6.07, 6.45) is 0.690. The zero-order valence-electron chi connectivity index (χ0n) is 8.69. The number of rotatable bonds is 5. The van der Waals surface area contributed by atoms with Crippen LogP contribution in [0.5, 0.6) is 0 Å². The molecular weight excluding hydrogens is 232 g/mol. The predicted molar refractivity (Wildman–Crippen MR) is 62.9 cm³/mol. The van der Waals surface area contributed by atoms with Crippen molar-refractivity contribution in [1.82, 2.24) is 0 Å². The molecule has 0 radical (unpaired) electrons. The lowest BCUT2D eigenvalue weighted by Crippen LogP contribution is -2.25. The lowest BCUT2D eigenvalue weighted by atomic mass is 10.1. The van der Waals surface area contributed by atoms with Gasteiger partial charge in [0.1, 0.15) is 4.88 Å². The number of carboxylic acid groups (broad SMARTS) is 1. The summed E-state index contributed by atoms with van der Waals surface area (Å²) in [6, 6.07) is 1.64. The van der Waals surface area contributed by atoms with Crippen LogP contribution >= 0.6 is 23.1 Å². The Hall–Kier alpha value is -0.520. The number of aliphatic hydroxyl groups is 1. The van der Waals surface area contributed by atoms with Crippen LogP contribution in [0.15, 0.2) is 16.3 Å². The molecule has 0 spiro atoms. The number of carboxylic acids is 1. The summed E-state index contributed by atoms with van der Waals surface area (Å²) < 4.78 is 0. The van der Waals surface area contributed by atoms with Crippen LogP contribution in [-0.4, -0.2) is 27.5 Å². The molecule has 0 bridgehead atoms. The van der Waals surface area contributed by atoms with Gasteiger partial charge in [-0.2, -0.15) is 0 Å². The van der Waals surface area contributed by atoms with Crippen molar-refractivity contribution in [2.45, 2.75) is 30.8 Å². The third-order valence-corrected chi connectivity index (χ3v) is 4.50. The highest BCUT2D eigenvalue weighted by Gasteiger charge is 2.18. The first kappa shape index (κ1) is 12.5. The monoisotopic (exact) mass is 246 g/mol. The molecule has 3 nitrogen and oxygen atoms in total. The van der Waals surface area contributed by atoms with Crippen LogP contribution in [0.2, 0.25) is 0 Å². The molecule has 0 saturated carbocycles. The molecule has 2 N–H and O–H groups in total. The molecule has 0 aliphatic rings. The van der Waals surface area contributed by atoms with Crippen LogP contribution in [-0.2, 0) is 0 Å². The molecule has 1 heterocycles. The van der Waals surface area contributed by atoms with Gasteiger partial charge >= 0.3 is 5.97 Å². The van der Waals surface area contributed by atoms with E-state index in [0.717, 1.165) is 4.90 Å². The second-order valence-corrected chi connectivity index (χ2v) is 5.55. The highest BCUT2D eigenvalue weighted by atomic mass is 32.2. The highest BCUT2D eigenvalue weighted by molar-refractivity contribution is 7.99. The highest BCUT2D eigenvalue weighted by Crippen LogP contribution is 2.28. The lowest BCUT2D eigenvalue weighted by molar-refractivity contribution is 0.0701. The Morgan fingerprint density at radius 3 is 2.80 bits per heavy atom. The van der Waals surface area contributed by atoms with Gasteiger partial charge in [-0.1, -0.05) is 6.92 Å². The Labute approximate surface area is 97.1 Å². The fraction of sp³-hybridized carbons (Fsp3) is 0.500. The summed E-state index contributed by atoms with van der Waals surface area (Å²) in [7, 11) is 0. The fourth-order valence-electron chi connectivity index (χ4n) is 0.848. The minimum atomic E-state index is -0.894. The van der Waals surface area contributed by atoms with Gasteiger partial charge in [-0.05, 0) is 19.4 Å². The molecule has 1 aromatic rings. The van der Waals surface area contributed by atoms with E-state index in [0.29, 0.717) is 17.1 Å². The Bertz CT molecular complexity index is 344. The van der Waals surface area contributed by atoms with Crippen LogP contribution < -0.4 is 0 Å². The number of hydrogen-bond donors (Lipinski definition) is 2. The Morgan fingerprint density at radius 2 is 2.33 bits per heavy atom. The van der Waals surface area contributed by atoms with Crippen molar-refractivity contribution in [3.63, 3.8) is 0 Å². The molecule has 0 saturated heterocycles. The van der Waals surface area contributed by atoms with Crippen molar-refractivity contribution in [1.29, 1.82) is 0 Å². The van der Waals surface area contributed by atoms with Gasteiger partial charge in [-0.3, -0.25) is 0 Å². The smallest absolute Gasteiger partial charge is 0.345 e. The number of thioether (sulfide) groups is 1. The van der Waals surface area contributed by atoms with E-state index in [2.05, 4.69) is 0 Å². The van der Waals surface area contributed by atoms with Crippen molar-refractivity contribution in [3.05, 3.63) is 16.3 Å². The molecule has 15 heavy (non-hydrogen) atoms. The molecule has 0 aliphatic heterocycles. The molecule has 0 aromatic carbocycles. The maximum atomic E-state index is 10.6. The summed E-state index contributed by atoms with van der Waals surface area (Å²) in [5, 5.41) is 20.3. The van der Waals surface area contributed by atoms with E-state index >= 15 is 0 Å². The molecule has 1 aromatic heterocycles. The zero-order chi connectivity index (χ0) is 11.5. The number of thiophene rings is 1. The van der Waals surface area contributed by atoms with E-state index in [1.165, 1.54) is 23.1 Å². The van der Waals surface area contributed by atoms with Gasteiger partial charge < -0.3 is 10.2 Å². The Morgan fingerprint density at radius 1 is 1.67 bits per heavy atom. The van der Waals surface area contributed by atoms with Gasteiger partial charge in [-0.15, -0.1) is 23.1 Å². The van der Waals surface area contributed by atoms with Crippen molar-refractivity contribution >= 4 is 29.1 Å². The molecule has 1 rings (SSSR count). The quantitative estimate of drug-likeness (QED) is 0.784. The van der Waals surface area contributed by atoms with Crippen LogP contribution in [0.4, 0.5) is 0 Å². The zero-order valence-corrected chi connectivity index (χ0v) is 10.3. The van der Waals surface area contributed by atoms with E-state index in [4.69, 9.17) is 5.11 Å². The Kier molecular flexibility index (Phi) is 4.19. The minimum absolute atomic E-state index is 0.341. The van der Waals surface area contributed by atoms with Crippen LogP contribution in [0.1, 0.15) is 29.9 Å². The van der Waals surface area contributed by atoms with E-state index in [1.54, 1.807) is 18.4 Å². The van der Waals surface area contributed by atoms with Gasteiger partial charge in [0.15, 0.2) is 0 Å².